The lowest BCUT2D eigenvalue weighted by atomic mass is 10.3. The van der Waals surface area contributed by atoms with Gasteiger partial charge < -0.3 is 4.52 Å². The van der Waals surface area contributed by atoms with Gasteiger partial charge in [-0.2, -0.15) is 13.2 Å². The highest BCUT2D eigenvalue weighted by Gasteiger charge is 2.36. The van der Waals surface area contributed by atoms with E-state index in [4.69, 9.17) is 0 Å². The van der Waals surface area contributed by atoms with Crippen molar-refractivity contribution in [2.45, 2.75) is 13.1 Å². The summed E-state index contributed by atoms with van der Waals surface area (Å²) in [5.41, 5.74) is 0.223. The van der Waals surface area contributed by atoms with Gasteiger partial charge in [-0.15, -0.1) is 11.3 Å². The van der Waals surface area contributed by atoms with Crippen LogP contribution in [0.3, 0.4) is 0 Å². The molecule has 0 N–H and O–H groups in total. The largest absolute Gasteiger partial charge is 0.452 e. The average molecular weight is 233 g/mol. The number of aromatic nitrogens is 1. The molecule has 0 aliphatic rings. The fourth-order valence-electron chi connectivity index (χ4n) is 1.10. The second kappa shape index (κ2) is 3.37. The summed E-state index contributed by atoms with van der Waals surface area (Å²) in [5, 5.41) is 3.38. The van der Waals surface area contributed by atoms with Crippen molar-refractivity contribution in [1.29, 1.82) is 0 Å². The van der Waals surface area contributed by atoms with E-state index in [-0.39, 0.29) is 5.69 Å². The molecule has 0 unspecified atom stereocenters. The first-order valence-electron chi connectivity index (χ1n) is 4.07. The van der Waals surface area contributed by atoms with Gasteiger partial charge in [-0.1, -0.05) is 5.16 Å². The molecule has 0 aliphatic heterocycles. The van der Waals surface area contributed by atoms with Crippen LogP contribution in [0.1, 0.15) is 10.6 Å². The van der Waals surface area contributed by atoms with E-state index in [1.807, 2.05) is 13.0 Å². The number of alkyl halides is 3. The van der Waals surface area contributed by atoms with E-state index in [9.17, 15) is 13.2 Å². The molecule has 15 heavy (non-hydrogen) atoms. The molecule has 0 atom stereocenters. The van der Waals surface area contributed by atoms with Crippen molar-refractivity contribution in [3.05, 3.63) is 28.8 Å². The van der Waals surface area contributed by atoms with Gasteiger partial charge >= 0.3 is 6.18 Å². The molecule has 0 bridgehead atoms. The number of thiophene rings is 1. The fourth-order valence-corrected chi connectivity index (χ4v) is 1.92. The van der Waals surface area contributed by atoms with Gasteiger partial charge in [0, 0.05) is 10.9 Å². The predicted octanol–water partition coefficient (Wildman–Crippen LogP) is 3.73. The smallest absolute Gasteiger partial charge is 0.351 e. The first kappa shape index (κ1) is 10.2. The van der Waals surface area contributed by atoms with Crippen molar-refractivity contribution < 1.29 is 17.7 Å². The van der Waals surface area contributed by atoms with Crippen molar-refractivity contribution in [3.63, 3.8) is 0 Å². The van der Waals surface area contributed by atoms with E-state index in [0.717, 1.165) is 10.9 Å². The molecule has 0 radical (unpaired) electrons. The Kier molecular flexibility index (Phi) is 2.30. The van der Waals surface area contributed by atoms with Crippen molar-refractivity contribution >= 4 is 11.3 Å². The SMILES string of the molecule is Cc1ccc(-c2cc(C(F)(F)F)on2)s1. The third-order valence-electron chi connectivity index (χ3n) is 1.78. The summed E-state index contributed by atoms with van der Waals surface area (Å²) in [7, 11) is 0. The highest BCUT2D eigenvalue weighted by Crippen LogP contribution is 2.34. The maximum absolute atomic E-state index is 12.2. The molecular formula is C9H6F3NOS. The quantitative estimate of drug-likeness (QED) is 0.750. The number of halogens is 3. The molecule has 0 saturated heterocycles. The lowest BCUT2D eigenvalue weighted by Crippen LogP contribution is -2.01. The van der Waals surface area contributed by atoms with Gasteiger partial charge in [-0.3, -0.25) is 0 Å². The third kappa shape index (κ3) is 2.04. The molecule has 2 rings (SSSR count). The van der Waals surface area contributed by atoms with Gasteiger partial charge in [0.25, 0.3) is 0 Å². The summed E-state index contributed by atoms with van der Waals surface area (Å²) in [6, 6.07) is 4.45. The summed E-state index contributed by atoms with van der Waals surface area (Å²) < 4.78 is 40.8. The highest BCUT2D eigenvalue weighted by atomic mass is 32.1. The summed E-state index contributed by atoms with van der Waals surface area (Å²) in [6.45, 7) is 1.87. The van der Waals surface area contributed by atoms with Crippen LogP contribution < -0.4 is 0 Å². The van der Waals surface area contributed by atoms with E-state index in [0.29, 0.717) is 4.88 Å². The minimum Gasteiger partial charge on any atom is -0.351 e. The average Bonchev–Trinajstić information content (AvgIpc) is 2.69. The van der Waals surface area contributed by atoms with Crippen LogP contribution >= 0.6 is 11.3 Å². The monoisotopic (exact) mass is 233 g/mol. The van der Waals surface area contributed by atoms with Crippen LogP contribution in [0.25, 0.3) is 10.6 Å². The zero-order valence-electron chi connectivity index (χ0n) is 7.63. The molecular weight excluding hydrogens is 227 g/mol. The molecule has 2 aromatic heterocycles. The Morgan fingerprint density at radius 1 is 1.33 bits per heavy atom. The molecule has 80 valence electrons. The Morgan fingerprint density at radius 3 is 2.53 bits per heavy atom. The third-order valence-corrected chi connectivity index (χ3v) is 2.81. The van der Waals surface area contributed by atoms with Crippen LogP contribution in [0.4, 0.5) is 13.2 Å². The lowest BCUT2D eigenvalue weighted by Gasteiger charge is -1.97. The number of hydrogen-bond donors (Lipinski definition) is 0. The summed E-state index contributed by atoms with van der Waals surface area (Å²) in [4.78, 5) is 1.69. The van der Waals surface area contributed by atoms with Gasteiger partial charge in [0.2, 0.25) is 5.76 Å². The van der Waals surface area contributed by atoms with Crippen molar-refractivity contribution in [3.8, 4) is 10.6 Å². The Morgan fingerprint density at radius 2 is 2.07 bits per heavy atom. The van der Waals surface area contributed by atoms with E-state index in [1.54, 1.807) is 6.07 Å². The molecule has 0 fully saturated rings. The van der Waals surface area contributed by atoms with Crippen LogP contribution in [0.2, 0.25) is 0 Å². The number of aryl methyl sites for hydroxylation is 1. The molecule has 2 aromatic rings. The van der Waals surface area contributed by atoms with E-state index >= 15 is 0 Å². The van der Waals surface area contributed by atoms with E-state index in [2.05, 4.69) is 9.68 Å². The predicted molar refractivity (Wildman–Crippen MR) is 49.6 cm³/mol. The number of rotatable bonds is 1. The molecule has 2 nitrogen and oxygen atoms in total. The first-order chi connectivity index (χ1) is 6.97. The van der Waals surface area contributed by atoms with Gasteiger partial charge in [0.05, 0.1) is 4.88 Å². The van der Waals surface area contributed by atoms with Gasteiger partial charge in [-0.25, -0.2) is 0 Å². The zero-order valence-corrected chi connectivity index (χ0v) is 8.45. The van der Waals surface area contributed by atoms with E-state index < -0.39 is 11.9 Å². The van der Waals surface area contributed by atoms with Gasteiger partial charge in [-0.05, 0) is 19.1 Å². The highest BCUT2D eigenvalue weighted by molar-refractivity contribution is 7.15. The number of nitrogens with zero attached hydrogens (tertiary/aromatic N) is 1. The van der Waals surface area contributed by atoms with E-state index in [1.165, 1.54) is 11.3 Å². The maximum Gasteiger partial charge on any atom is 0.452 e. The molecule has 0 saturated carbocycles. The molecule has 0 amide bonds. The Labute approximate surface area is 87.3 Å². The Hall–Kier alpha value is -1.30. The standard InChI is InChI=1S/C9H6F3NOS/c1-5-2-3-7(15-5)6-4-8(14-13-6)9(10,11)12/h2-4H,1H3. The topological polar surface area (TPSA) is 26.0 Å². The normalized spacial score (nSPS) is 12.0. The first-order valence-corrected chi connectivity index (χ1v) is 4.89. The lowest BCUT2D eigenvalue weighted by molar-refractivity contribution is -0.155. The molecule has 0 aromatic carbocycles. The Bertz CT molecular complexity index is 472. The summed E-state index contributed by atoms with van der Waals surface area (Å²) >= 11 is 1.37. The minimum atomic E-state index is -4.47. The zero-order chi connectivity index (χ0) is 11.1. The summed E-state index contributed by atoms with van der Waals surface area (Å²) in [5.74, 6) is -1.07. The maximum atomic E-state index is 12.2. The summed E-state index contributed by atoms with van der Waals surface area (Å²) in [6.07, 6.45) is -4.47. The van der Waals surface area contributed by atoms with Gasteiger partial charge in [0.1, 0.15) is 5.69 Å². The van der Waals surface area contributed by atoms with Crippen molar-refractivity contribution in [1.82, 2.24) is 5.16 Å². The molecule has 0 aliphatic carbocycles. The van der Waals surface area contributed by atoms with Crippen LogP contribution in [0.5, 0.6) is 0 Å². The Balaban J connectivity index is 2.36. The molecule has 6 heteroatoms. The molecule has 0 spiro atoms. The van der Waals surface area contributed by atoms with Gasteiger partial charge in [0.15, 0.2) is 0 Å². The number of hydrogen-bond acceptors (Lipinski definition) is 3. The fraction of sp³-hybridized carbons (Fsp3) is 0.222. The van der Waals surface area contributed by atoms with Crippen molar-refractivity contribution in [2.75, 3.05) is 0 Å². The second-order valence-electron chi connectivity index (χ2n) is 2.98. The van der Waals surface area contributed by atoms with Crippen LogP contribution in [-0.4, -0.2) is 5.16 Å². The van der Waals surface area contributed by atoms with Crippen molar-refractivity contribution in [2.24, 2.45) is 0 Å². The van der Waals surface area contributed by atoms with Crippen LogP contribution in [0.15, 0.2) is 22.7 Å². The second-order valence-corrected chi connectivity index (χ2v) is 4.27. The van der Waals surface area contributed by atoms with Crippen LogP contribution in [0, 0.1) is 6.92 Å². The minimum absolute atomic E-state index is 0.223. The molecule has 2 heterocycles. The van der Waals surface area contributed by atoms with Crippen LogP contribution in [-0.2, 0) is 6.18 Å².